The van der Waals surface area contributed by atoms with Gasteiger partial charge in [0.15, 0.2) is 0 Å². The molecule has 4 rings (SSSR count). The number of nitrogen functional groups attached to an aromatic ring is 2. The van der Waals surface area contributed by atoms with Gasteiger partial charge in [0, 0.05) is 28.8 Å². The van der Waals surface area contributed by atoms with Crippen LogP contribution in [0.15, 0.2) is 35.5 Å². The number of hydrogen-bond donors (Lipinski definition) is 3. The predicted octanol–water partition coefficient (Wildman–Crippen LogP) is 4.13. The number of benzene rings is 2. The highest BCUT2D eigenvalue weighted by molar-refractivity contribution is 7.99. The zero-order valence-corrected chi connectivity index (χ0v) is 19.6. The van der Waals surface area contributed by atoms with Gasteiger partial charge in [-0.25, -0.2) is 4.98 Å². The average molecular weight is 453 g/mol. The number of imidazole rings is 1. The van der Waals surface area contributed by atoms with E-state index in [9.17, 15) is 4.79 Å². The zero-order chi connectivity index (χ0) is 22.8. The van der Waals surface area contributed by atoms with E-state index in [4.69, 9.17) is 17.2 Å². The number of thioether (sulfide) groups is 1. The Morgan fingerprint density at radius 2 is 1.91 bits per heavy atom. The topological polar surface area (TPSA) is 116 Å². The fourth-order valence-corrected chi connectivity index (χ4v) is 5.72. The molecule has 2 aromatic carbocycles. The van der Waals surface area contributed by atoms with E-state index in [0.29, 0.717) is 17.3 Å². The second-order valence-electron chi connectivity index (χ2n) is 8.79. The van der Waals surface area contributed by atoms with Crippen LogP contribution >= 0.6 is 11.8 Å². The third kappa shape index (κ3) is 4.42. The molecular weight excluding hydrogens is 420 g/mol. The molecule has 1 amide bonds. The van der Waals surface area contributed by atoms with Gasteiger partial charge in [-0.3, -0.25) is 4.79 Å². The molecule has 0 radical (unpaired) electrons. The summed E-state index contributed by atoms with van der Waals surface area (Å²) in [5.74, 6) is 0.246. The third-order valence-electron chi connectivity index (χ3n) is 6.27. The van der Waals surface area contributed by atoms with Gasteiger partial charge in [-0.1, -0.05) is 25.3 Å². The Hall–Kier alpha value is -2.71. The van der Waals surface area contributed by atoms with Gasteiger partial charge in [0.1, 0.15) is 0 Å². The molecule has 0 aliphatic heterocycles. The summed E-state index contributed by atoms with van der Waals surface area (Å²) in [6.07, 6.45) is 8.25. The highest BCUT2D eigenvalue weighted by Gasteiger charge is 2.21. The Morgan fingerprint density at radius 1 is 1.16 bits per heavy atom. The Labute approximate surface area is 193 Å². The van der Waals surface area contributed by atoms with Crippen LogP contribution in [0.5, 0.6) is 0 Å². The van der Waals surface area contributed by atoms with Crippen LogP contribution in [0.25, 0.3) is 22.2 Å². The summed E-state index contributed by atoms with van der Waals surface area (Å²) in [7, 11) is 4.03. The summed E-state index contributed by atoms with van der Waals surface area (Å²) in [4.78, 5) is 19.6. The van der Waals surface area contributed by atoms with Crippen molar-refractivity contribution in [3.63, 3.8) is 0 Å². The van der Waals surface area contributed by atoms with E-state index in [-0.39, 0.29) is 5.69 Å². The van der Waals surface area contributed by atoms with Crippen molar-refractivity contribution in [1.29, 1.82) is 0 Å². The molecule has 0 unspecified atom stereocenters. The lowest BCUT2D eigenvalue weighted by molar-refractivity contribution is 0.0998. The lowest BCUT2D eigenvalue weighted by Crippen LogP contribution is -2.18. The van der Waals surface area contributed by atoms with Gasteiger partial charge in [0.05, 0.1) is 34.3 Å². The molecule has 7 nitrogen and oxygen atoms in total. The molecule has 0 spiro atoms. The van der Waals surface area contributed by atoms with Crippen LogP contribution in [-0.2, 0) is 0 Å². The molecule has 0 bridgehead atoms. The fraction of sp³-hybridized carbons (Fsp3) is 0.417. The molecule has 1 fully saturated rings. The van der Waals surface area contributed by atoms with Crippen molar-refractivity contribution >= 4 is 40.1 Å². The zero-order valence-electron chi connectivity index (χ0n) is 18.8. The van der Waals surface area contributed by atoms with Crippen LogP contribution in [0, 0.1) is 0 Å². The minimum atomic E-state index is -0.560. The van der Waals surface area contributed by atoms with Crippen LogP contribution in [0.4, 0.5) is 11.4 Å². The predicted molar refractivity (Wildman–Crippen MR) is 134 cm³/mol. The van der Waals surface area contributed by atoms with Crippen molar-refractivity contribution in [3.8, 4) is 11.1 Å². The second kappa shape index (κ2) is 9.42. The van der Waals surface area contributed by atoms with Gasteiger partial charge in [-0.05, 0) is 50.7 Å². The van der Waals surface area contributed by atoms with Crippen molar-refractivity contribution in [2.75, 3.05) is 37.9 Å². The number of carbonyl (C=O) groups excluding carboxylic acids is 1. The summed E-state index contributed by atoms with van der Waals surface area (Å²) < 4.78 is 2.31. The van der Waals surface area contributed by atoms with E-state index in [1.165, 1.54) is 32.1 Å². The van der Waals surface area contributed by atoms with E-state index in [1.54, 1.807) is 11.8 Å². The standard InChI is InChI=1S/C24H32N6OS/c1-29(2)10-11-32-20-13-17(22(25)23(26)21(20)24(27)31)15-8-9-19-18(12-15)28-14-30(19)16-6-4-3-5-7-16/h8-9,12-14,16H,3-7,10-11,25-26H2,1-2H3,(H2,27,31). The minimum Gasteiger partial charge on any atom is -0.397 e. The molecule has 1 aliphatic carbocycles. The van der Waals surface area contributed by atoms with Crippen LogP contribution in [0.2, 0.25) is 0 Å². The summed E-state index contributed by atoms with van der Waals surface area (Å²) in [5, 5.41) is 0. The largest absolute Gasteiger partial charge is 0.397 e. The average Bonchev–Trinajstić information content (AvgIpc) is 3.19. The second-order valence-corrected chi connectivity index (χ2v) is 9.92. The molecule has 1 heterocycles. The van der Waals surface area contributed by atoms with Crippen LogP contribution in [0.1, 0.15) is 48.5 Å². The molecule has 0 saturated heterocycles. The first-order chi connectivity index (χ1) is 15.4. The molecule has 170 valence electrons. The van der Waals surface area contributed by atoms with Crippen molar-refractivity contribution in [2.24, 2.45) is 5.73 Å². The number of anilines is 2. The van der Waals surface area contributed by atoms with Crippen molar-refractivity contribution < 1.29 is 4.79 Å². The maximum atomic E-state index is 12.1. The maximum Gasteiger partial charge on any atom is 0.252 e. The van der Waals surface area contributed by atoms with Gasteiger partial charge in [-0.15, -0.1) is 11.8 Å². The van der Waals surface area contributed by atoms with E-state index in [0.717, 1.165) is 39.4 Å². The van der Waals surface area contributed by atoms with Gasteiger partial charge in [-0.2, -0.15) is 0 Å². The van der Waals surface area contributed by atoms with E-state index in [2.05, 4.69) is 32.7 Å². The molecular formula is C24H32N6OS. The van der Waals surface area contributed by atoms with Crippen LogP contribution in [0.3, 0.4) is 0 Å². The van der Waals surface area contributed by atoms with Gasteiger partial charge in [0.2, 0.25) is 0 Å². The molecule has 8 heteroatoms. The van der Waals surface area contributed by atoms with Crippen molar-refractivity contribution in [3.05, 3.63) is 36.2 Å². The Morgan fingerprint density at radius 3 is 2.59 bits per heavy atom. The van der Waals surface area contributed by atoms with E-state index < -0.39 is 5.91 Å². The monoisotopic (exact) mass is 452 g/mol. The van der Waals surface area contributed by atoms with Gasteiger partial charge < -0.3 is 26.7 Å². The molecule has 32 heavy (non-hydrogen) atoms. The van der Waals surface area contributed by atoms with Gasteiger partial charge >= 0.3 is 0 Å². The number of hydrogen-bond acceptors (Lipinski definition) is 6. The first kappa shape index (κ1) is 22.5. The Bertz CT molecular complexity index is 1130. The number of aromatic nitrogens is 2. The molecule has 6 N–H and O–H groups in total. The molecule has 3 aromatic rings. The number of amides is 1. The third-order valence-corrected chi connectivity index (χ3v) is 7.29. The van der Waals surface area contributed by atoms with Crippen molar-refractivity contribution in [2.45, 2.75) is 43.0 Å². The first-order valence-corrected chi connectivity index (χ1v) is 12.1. The summed E-state index contributed by atoms with van der Waals surface area (Å²) in [6.45, 7) is 0.868. The number of carbonyl (C=O) groups is 1. The number of nitrogens with two attached hydrogens (primary N) is 3. The smallest absolute Gasteiger partial charge is 0.252 e. The summed E-state index contributed by atoms with van der Waals surface area (Å²) >= 11 is 1.56. The number of primary amides is 1. The SMILES string of the molecule is CN(C)CCSc1cc(-c2ccc3c(c2)ncn3C2CCCCC2)c(N)c(N)c1C(N)=O. The number of nitrogens with zero attached hydrogens (tertiary/aromatic N) is 3. The fourth-order valence-electron chi connectivity index (χ4n) is 4.49. The maximum absolute atomic E-state index is 12.1. The summed E-state index contributed by atoms with van der Waals surface area (Å²) in [5.41, 5.74) is 23.1. The minimum absolute atomic E-state index is 0.246. The molecule has 1 aromatic heterocycles. The molecule has 0 atom stereocenters. The van der Waals surface area contributed by atoms with Crippen molar-refractivity contribution in [1.82, 2.24) is 14.5 Å². The van der Waals surface area contributed by atoms with E-state index >= 15 is 0 Å². The highest BCUT2D eigenvalue weighted by Crippen LogP contribution is 2.40. The quantitative estimate of drug-likeness (QED) is 0.367. The highest BCUT2D eigenvalue weighted by atomic mass is 32.2. The lowest BCUT2D eigenvalue weighted by Gasteiger charge is -2.23. The number of rotatable bonds is 7. The van der Waals surface area contributed by atoms with E-state index in [1.807, 2.05) is 26.5 Å². The normalized spacial score (nSPS) is 15.0. The van der Waals surface area contributed by atoms with Crippen LogP contribution in [-0.4, -0.2) is 46.8 Å². The Kier molecular flexibility index (Phi) is 6.62. The summed E-state index contributed by atoms with van der Waals surface area (Å²) in [6, 6.07) is 8.69. The molecule has 1 aliphatic rings. The van der Waals surface area contributed by atoms with Crippen LogP contribution < -0.4 is 17.2 Å². The Balaban J connectivity index is 1.73. The number of fused-ring (bicyclic) bond motifs is 1. The first-order valence-electron chi connectivity index (χ1n) is 11.1. The lowest BCUT2D eigenvalue weighted by atomic mass is 9.95. The van der Waals surface area contributed by atoms with Gasteiger partial charge in [0.25, 0.3) is 5.91 Å². The molecule has 1 saturated carbocycles.